The van der Waals surface area contributed by atoms with Gasteiger partial charge in [-0.25, -0.2) is 4.21 Å². The van der Waals surface area contributed by atoms with Crippen LogP contribution in [-0.4, -0.2) is 22.9 Å². The summed E-state index contributed by atoms with van der Waals surface area (Å²) in [5, 5.41) is 0. The van der Waals surface area contributed by atoms with Crippen molar-refractivity contribution in [2.45, 2.75) is 0 Å². The van der Waals surface area contributed by atoms with Crippen molar-refractivity contribution in [2.24, 2.45) is 0 Å². The molecule has 0 amide bonds. The molecule has 4 nitrogen and oxygen atoms in total. The van der Waals surface area contributed by atoms with Gasteiger partial charge in [-0.2, -0.15) is 0 Å². The van der Waals surface area contributed by atoms with Crippen molar-refractivity contribution >= 4 is 17.0 Å². The van der Waals surface area contributed by atoms with Crippen LogP contribution in [0.1, 0.15) is 0 Å². The van der Waals surface area contributed by atoms with Gasteiger partial charge in [0.05, 0.1) is 12.8 Å². The van der Waals surface area contributed by atoms with Crippen molar-refractivity contribution in [3.05, 3.63) is 24.3 Å². The van der Waals surface area contributed by atoms with Gasteiger partial charge in [-0.1, -0.05) is 0 Å². The van der Waals surface area contributed by atoms with Crippen LogP contribution in [0.15, 0.2) is 24.3 Å². The van der Waals surface area contributed by atoms with Crippen LogP contribution in [0.4, 0.5) is 5.69 Å². The minimum atomic E-state index is -1.98. The van der Waals surface area contributed by atoms with E-state index in [0.29, 0.717) is 5.69 Å². The molecule has 1 atom stereocenters. The summed E-state index contributed by atoms with van der Waals surface area (Å²) in [7, 11) is 3.11. The van der Waals surface area contributed by atoms with Gasteiger partial charge in [0.15, 0.2) is 0 Å². The van der Waals surface area contributed by atoms with Crippen molar-refractivity contribution in [1.29, 1.82) is 0 Å². The van der Waals surface area contributed by atoms with Gasteiger partial charge in [0, 0.05) is 7.05 Å². The van der Waals surface area contributed by atoms with Crippen LogP contribution in [0.25, 0.3) is 0 Å². The standard InChI is InChI=1S/C8H11NO3S/c1-9(13(10)11)7-3-5-8(12-2)6-4-7/h3-6H,1-2H3,(H,10,11). The highest BCUT2D eigenvalue weighted by Crippen LogP contribution is 2.18. The minimum Gasteiger partial charge on any atom is -0.497 e. The van der Waals surface area contributed by atoms with Gasteiger partial charge in [-0.15, -0.1) is 0 Å². The first-order valence-corrected chi connectivity index (χ1v) is 4.70. The third kappa shape index (κ3) is 2.43. The van der Waals surface area contributed by atoms with Gasteiger partial charge >= 0.3 is 0 Å². The van der Waals surface area contributed by atoms with Crippen LogP contribution >= 0.6 is 0 Å². The summed E-state index contributed by atoms with van der Waals surface area (Å²) < 4.78 is 25.6. The molecule has 1 aromatic carbocycles. The zero-order chi connectivity index (χ0) is 9.84. The first-order chi connectivity index (χ1) is 6.15. The Kier molecular flexibility index (Phi) is 3.27. The average Bonchev–Trinajstić information content (AvgIpc) is 2.17. The maximum absolute atomic E-state index is 10.7. The highest BCUT2D eigenvalue weighted by molar-refractivity contribution is 7.80. The van der Waals surface area contributed by atoms with Gasteiger partial charge in [-0.3, -0.25) is 8.86 Å². The normalized spacial score (nSPS) is 12.2. The second-order valence-corrected chi connectivity index (χ2v) is 3.44. The Morgan fingerprint density at radius 2 is 1.92 bits per heavy atom. The van der Waals surface area contributed by atoms with Crippen LogP contribution in [-0.2, 0) is 11.3 Å². The lowest BCUT2D eigenvalue weighted by atomic mass is 10.3. The molecule has 0 aliphatic carbocycles. The fraction of sp³-hybridized carbons (Fsp3) is 0.250. The number of hydrogen-bond donors (Lipinski definition) is 1. The lowest BCUT2D eigenvalue weighted by molar-refractivity contribution is 0.415. The number of hydrogen-bond acceptors (Lipinski definition) is 2. The largest absolute Gasteiger partial charge is 0.497 e. The van der Waals surface area contributed by atoms with E-state index in [-0.39, 0.29) is 0 Å². The number of anilines is 1. The predicted octanol–water partition coefficient (Wildman–Crippen LogP) is 1.27. The Labute approximate surface area is 79.5 Å². The van der Waals surface area contributed by atoms with Crippen molar-refractivity contribution in [3.8, 4) is 5.75 Å². The van der Waals surface area contributed by atoms with Crippen LogP contribution in [0.2, 0.25) is 0 Å². The molecule has 72 valence electrons. The molecule has 0 aromatic heterocycles. The van der Waals surface area contributed by atoms with Gasteiger partial charge in [0.25, 0.3) is 11.3 Å². The van der Waals surface area contributed by atoms with E-state index in [1.54, 1.807) is 31.4 Å². The molecule has 13 heavy (non-hydrogen) atoms. The minimum absolute atomic E-state index is 0.668. The summed E-state index contributed by atoms with van der Waals surface area (Å²) in [6.07, 6.45) is 0. The molecule has 0 fully saturated rings. The van der Waals surface area contributed by atoms with Crippen LogP contribution in [0.5, 0.6) is 5.75 Å². The molecule has 1 rings (SSSR count). The summed E-state index contributed by atoms with van der Waals surface area (Å²) in [5.74, 6) is 0.723. The average molecular weight is 201 g/mol. The zero-order valence-electron chi connectivity index (χ0n) is 7.43. The lowest BCUT2D eigenvalue weighted by Crippen LogP contribution is -2.18. The molecule has 0 spiro atoms. The molecule has 1 aromatic rings. The van der Waals surface area contributed by atoms with Crippen LogP contribution < -0.4 is 9.04 Å². The zero-order valence-corrected chi connectivity index (χ0v) is 8.25. The number of ether oxygens (including phenoxy) is 1. The Morgan fingerprint density at radius 1 is 1.38 bits per heavy atom. The lowest BCUT2D eigenvalue weighted by Gasteiger charge is -2.13. The molecule has 0 aliphatic rings. The van der Waals surface area contributed by atoms with Gasteiger partial charge in [-0.05, 0) is 24.3 Å². The highest BCUT2D eigenvalue weighted by Gasteiger charge is 2.04. The molecule has 0 saturated heterocycles. The number of nitrogens with zero attached hydrogens (tertiary/aromatic N) is 1. The Morgan fingerprint density at radius 3 is 2.31 bits per heavy atom. The molecule has 0 aliphatic heterocycles. The second kappa shape index (κ2) is 4.25. The summed E-state index contributed by atoms with van der Waals surface area (Å²) in [4.78, 5) is 0. The van der Waals surface area contributed by atoms with Crippen molar-refractivity contribution in [3.63, 3.8) is 0 Å². The smallest absolute Gasteiger partial charge is 0.261 e. The third-order valence-electron chi connectivity index (χ3n) is 1.67. The van der Waals surface area contributed by atoms with Crippen molar-refractivity contribution in [2.75, 3.05) is 18.5 Å². The van der Waals surface area contributed by atoms with E-state index >= 15 is 0 Å². The molecule has 0 heterocycles. The first kappa shape index (κ1) is 10.0. The van der Waals surface area contributed by atoms with Crippen molar-refractivity contribution < 1.29 is 13.5 Å². The van der Waals surface area contributed by atoms with Crippen LogP contribution in [0, 0.1) is 0 Å². The number of methoxy groups -OCH3 is 1. The fourth-order valence-electron chi connectivity index (χ4n) is 0.882. The molecule has 1 unspecified atom stereocenters. The maximum atomic E-state index is 10.7. The van der Waals surface area contributed by atoms with E-state index < -0.39 is 11.3 Å². The molecular formula is C8H11NO3S. The molecule has 1 N–H and O–H groups in total. The van der Waals surface area contributed by atoms with Gasteiger partial charge < -0.3 is 4.74 Å². The maximum Gasteiger partial charge on any atom is 0.261 e. The first-order valence-electron chi connectivity index (χ1n) is 3.64. The summed E-state index contributed by atoms with van der Waals surface area (Å²) >= 11 is -1.98. The second-order valence-electron chi connectivity index (χ2n) is 2.43. The Balaban J connectivity index is 2.85. The van der Waals surface area contributed by atoms with Crippen molar-refractivity contribution in [1.82, 2.24) is 0 Å². The van der Waals surface area contributed by atoms with Crippen LogP contribution in [0.3, 0.4) is 0 Å². The van der Waals surface area contributed by atoms with E-state index in [1.165, 1.54) is 11.4 Å². The van der Waals surface area contributed by atoms with E-state index in [0.717, 1.165) is 5.75 Å². The molecule has 0 bridgehead atoms. The highest BCUT2D eigenvalue weighted by atomic mass is 32.2. The predicted molar refractivity (Wildman–Crippen MR) is 52.2 cm³/mol. The van der Waals surface area contributed by atoms with Gasteiger partial charge in [0.1, 0.15) is 5.75 Å². The SMILES string of the molecule is COc1ccc(N(C)S(=O)O)cc1. The number of rotatable bonds is 3. The summed E-state index contributed by atoms with van der Waals surface area (Å²) in [6.45, 7) is 0. The quantitative estimate of drug-likeness (QED) is 0.749. The molecule has 5 heteroatoms. The van der Waals surface area contributed by atoms with Gasteiger partial charge in [0.2, 0.25) is 0 Å². The Bertz CT molecular complexity index is 299. The van der Waals surface area contributed by atoms with E-state index in [2.05, 4.69) is 0 Å². The molecule has 0 radical (unpaired) electrons. The summed E-state index contributed by atoms with van der Waals surface area (Å²) in [6, 6.07) is 6.90. The van der Waals surface area contributed by atoms with E-state index in [4.69, 9.17) is 9.29 Å². The van der Waals surface area contributed by atoms with E-state index in [9.17, 15) is 4.21 Å². The third-order valence-corrected chi connectivity index (χ3v) is 2.35. The Hall–Kier alpha value is -1.07. The fourth-order valence-corrected chi connectivity index (χ4v) is 1.18. The number of benzene rings is 1. The van der Waals surface area contributed by atoms with E-state index in [1.807, 2.05) is 0 Å². The summed E-state index contributed by atoms with van der Waals surface area (Å²) in [5.41, 5.74) is 0.668. The molecular weight excluding hydrogens is 190 g/mol. The monoisotopic (exact) mass is 201 g/mol. The topological polar surface area (TPSA) is 49.8 Å². The molecule has 0 saturated carbocycles.